The minimum atomic E-state index is -2.55. The Morgan fingerprint density at radius 3 is 2.53 bits per heavy atom. The normalized spacial score (nSPS) is 13.0. The van der Waals surface area contributed by atoms with Crippen LogP contribution in [0.15, 0.2) is 18.2 Å². The molecule has 0 saturated heterocycles. The Balaban J connectivity index is 2.89. The Kier molecular flexibility index (Phi) is 6.02. The zero-order valence-corrected chi connectivity index (χ0v) is 11.6. The van der Waals surface area contributed by atoms with Gasteiger partial charge in [-0.05, 0) is 31.0 Å². The van der Waals surface area contributed by atoms with Crippen molar-refractivity contribution in [3.63, 3.8) is 0 Å². The molecule has 19 heavy (non-hydrogen) atoms. The van der Waals surface area contributed by atoms with Crippen LogP contribution in [-0.4, -0.2) is 19.3 Å². The summed E-state index contributed by atoms with van der Waals surface area (Å²) in [6, 6.07) is 4.51. The van der Waals surface area contributed by atoms with E-state index in [1.807, 2.05) is 20.8 Å². The molecule has 108 valence electrons. The first kappa shape index (κ1) is 15.7. The highest BCUT2D eigenvalue weighted by molar-refractivity contribution is 5.59. The number of rotatable bonds is 7. The second-order valence-corrected chi connectivity index (χ2v) is 4.80. The molecule has 1 aromatic rings. The fourth-order valence-corrected chi connectivity index (χ4v) is 1.74. The third-order valence-corrected chi connectivity index (χ3v) is 2.96. The molecule has 1 unspecified atom stereocenters. The molecule has 1 aromatic carbocycles. The average Bonchev–Trinajstić information content (AvgIpc) is 2.35. The predicted molar refractivity (Wildman–Crippen MR) is 74.6 cm³/mol. The van der Waals surface area contributed by atoms with Crippen LogP contribution in [0.2, 0.25) is 0 Å². The maximum absolute atomic E-state index is 13.0. The number of hydrogen-bond acceptors (Lipinski definition) is 3. The van der Waals surface area contributed by atoms with E-state index < -0.39 is 6.43 Å². The lowest BCUT2D eigenvalue weighted by atomic mass is 10.0. The van der Waals surface area contributed by atoms with Crippen molar-refractivity contribution in [2.45, 2.75) is 33.2 Å². The molecule has 5 heteroatoms. The number of alkyl halides is 2. The Bertz CT molecular complexity index is 397. The Morgan fingerprint density at radius 2 is 2.00 bits per heavy atom. The lowest BCUT2D eigenvalue weighted by Crippen LogP contribution is -2.31. The molecule has 0 aliphatic heterocycles. The molecule has 1 rings (SSSR count). The third-order valence-electron chi connectivity index (χ3n) is 2.96. The summed E-state index contributed by atoms with van der Waals surface area (Å²) >= 11 is 0. The van der Waals surface area contributed by atoms with Crippen molar-refractivity contribution in [3.8, 4) is 0 Å². The van der Waals surface area contributed by atoms with Crippen molar-refractivity contribution in [3.05, 3.63) is 23.8 Å². The molecule has 0 heterocycles. The van der Waals surface area contributed by atoms with Gasteiger partial charge in [0.1, 0.15) is 0 Å². The molecule has 0 saturated carbocycles. The highest BCUT2D eigenvalue weighted by atomic mass is 19.3. The smallest absolute Gasteiger partial charge is 0.265 e. The van der Waals surface area contributed by atoms with Gasteiger partial charge in [-0.3, -0.25) is 0 Å². The number of nitrogen functional groups attached to an aromatic ring is 1. The van der Waals surface area contributed by atoms with Gasteiger partial charge in [-0.25, -0.2) is 8.78 Å². The summed E-state index contributed by atoms with van der Waals surface area (Å²) < 4.78 is 31.3. The number of nitrogens with one attached hydrogen (secondary N) is 1. The van der Waals surface area contributed by atoms with Crippen LogP contribution in [0, 0.1) is 5.92 Å². The van der Waals surface area contributed by atoms with E-state index in [4.69, 9.17) is 10.5 Å². The predicted octanol–water partition coefficient (Wildman–Crippen LogP) is 3.68. The summed E-state index contributed by atoms with van der Waals surface area (Å²) in [6.45, 7) is 7.05. The average molecular weight is 272 g/mol. The first-order valence-corrected chi connectivity index (χ1v) is 6.47. The van der Waals surface area contributed by atoms with Crippen molar-refractivity contribution in [2.75, 3.05) is 24.3 Å². The highest BCUT2D eigenvalue weighted by Crippen LogP contribution is 2.30. The van der Waals surface area contributed by atoms with Crippen LogP contribution in [-0.2, 0) is 4.74 Å². The van der Waals surface area contributed by atoms with Gasteiger partial charge in [0.15, 0.2) is 0 Å². The first-order valence-electron chi connectivity index (χ1n) is 6.47. The van der Waals surface area contributed by atoms with E-state index in [0.29, 0.717) is 24.6 Å². The molecule has 1 atom stereocenters. The van der Waals surface area contributed by atoms with E-state index in [1.54, 1.807) is 12.1 Å². The molecule has 0 fully saturated rings. The summed E-state index contributed by atoms with van der Waals surface area (Å²) in [4.78, 5) is 0. The second-order valence-electron chi connectivity index (χ2n) is 4.80. The Labute approximate surface area is 113 Å². The number of benzene rings is 1. The minimum absolute atomic E-state index is 0.0129. The molecule has 3 nitrogen and oxygen atoms in total. The fraction of sp³-hybridized carbons (Fsp3) is 0.571. The molecular formula is C14H22F2N2O. The largest absolute Gasteiger partial charge is 0.399 e. The number of ether oxygens (including phenoxy) is 1. The molecule has 0 spiro atoms. The van der Waals surface area contributed by atoms with Crippen molar-refractivity contribution in [1.82, 2.24) is 0 Å². The van der Waals surface area contributed by atoms with Gasteiger partial charge in [-0.2, -0.15) is 0 Å². The van der Waals surface area contributed by atoms with Gasteiger partial charge in [0.25, 0.3) is 6.43 Å². The van der Waals surface area contributed by atoms with E-state index in [2.05, 4.69) is 5.32 Å². The maximum atomic E-state index is 13.0. The van der Waals surface area contributed by atoms with Gasteiger partial charge < -0.3 is 15.8 Å². The van der Waals surface area contributed by atoms with E-state index in [0.717, 1.165) is 0 Å². The maximum Gasteiger partial charge on any atom is 0.265 e. The van der Waals surface area contributed by atoms with Gasteiger partial charge in [-0.15, -0.1) is 0 Å². The van der Waals surface area contributed by atoms with Crippen LogP contribution in [0.3, 0.4) is 0 Å². The lowest BCUT2D eigenvalue weighted by Gasteiger charge is -2.24. The van der Waals surface area contributed by atoms with Gasteiger partial charge in [-0.1, -0.05) is 13.8 Å². The van der Waals surface area contributed by atoms with E-state index in [9.17, 15) is 8.78 Å². The first-order chi connectivity index (χ1) is 8.95. The van der Waals surface area contributed by atoms with Crippen LogP contribution in [0.5, 0.6) is 0 Å². The molecule has 0 aromatic heterocycles. The molecule has 0 amide bonds. The van der Waals surface area contributed by atoms with Crippen LogP contribution >= 0.6 is 0 Å². The zero-order chi connectivity index (χ0) is 14.4. The number of anilines is 2. The number of halogens is 2. The van der Waals surface area contributed by atoms with Crippen LogP contribution in [0.4, 0.5) is 20.2 Å². The van der Waals surface area contributed by atoms with Crippen molar-refractivity contribution in [2.24, 2.45) is 5.92 Å². The fourth-order valence-electron chi connectivity index (χ4n) is 1.74. The van der Waals surface area contributed by atoms with E-state index >= 15 is 0 Å². The van der Waals surface area contributed by atoms with Gasteiger partial charge in [0, 0.05) is 23.5 Å². The van der Waals surface area contributed by atoms with Crippen LogP contribution in [0.25, 0.3) is 0 Å². The second kappa shape index (κ2) is 7.28. The Morgan fingerprint density at radius 1 is 1.32 bits per heavy atom. The number of hydrogen-bond donors (Lipinski definition) is 2. The quantitative estimate of drug-likeness (QED) is 0.744. The van der Waals surface area contributed by atoms with Crippen molar-refractivity contribution < 1.29 is 13.5 Å². The third kappa shape index (κ3) is 4.67. The molecule has 0 radical (unpaired) electrons. The van der Waals surface area contributed by atoms with Gasteiger partial charge in [0.2, 0.25) is 0 Å². The van der Waals surface area contributed by atoms with E-state index in [-0.39, 0.29) is 17.5 Å². The summed E-state index contributed by atoms with van der Waals surface area (Å²) in [5.74, 6) is 0.273. The zero-order valence-electron chi connectivity index (χ0n) is 11.6. The monoisotopic (exact) mass is 272 g/mol. The summed E-state index contributed by atoms with van der Waals surface area (Å²) in [5.41, 5.74) is 6.24. The lowest BCUT2D eigenvalue weighted by molar-refractivity contribution is 0.126. The van der Waals surface area contributed by atoms with Crippen molar-refractivity contribution in [1.29, 1.82) is 0 Å². The van der Waals surface area contributed by atoms with E-state index in [1.165, 1.54) is 6.07 Å². The Hall–Kier alpha value is -1.36. The summed E-state index contributed by atoms with van der Waals surface area (Å²) in [5, 5.41) is 3.13. The van der Waals surface area contributed by atoms with Crippen LogP contribution < -0.4 is 11.1 Å². The molecular weight excluding hydrogens is 250 g/mol. The standard InChI is InChI=1S/C14H22F2N2O/c1-4-19-8-13(9(2)3)18-12-6-5-10(17)7-11(12)14(15)16/h5-7,9,13-14,18H,4,8,17H2,1-3H3. The molecule has 0 bridgehead atoms. The minimum Gasteiger partial charge on any atom is -0.399 e. The van der Waals surface area contributed by atoms with Gasteiger partial charge >= 0.3 is 0 Å². The topological polar surface area (TPSA) is 47.3 Å². The summed E-state index contributed by atoms with van der Waals surface area (Å²) in [7, 11) is 0. The molecule has 0 aliphatic rings. The summed E-state index contributed by atoms with van der Waals surface area (Å²) in [6.07, 6.45) is -2.55. The van der Waals surface area contributed by atoms with Crippen molar-refractivity contribution >= 4 is 11.4 Å². The van der Waals surface area contributed by atoms with Gasteiger partial charge in [0.05, 0.1) is 12.6 Å². The molecule has 3 N–H and O–H groups in total. The highest BCUT2D eigenvalue weighted by Gasteiger charge is 2.18. The van der Waals surface area contributed by atoms with Crippen LogP contribution in [0.1, 0.15) is 32.8 Å². The number of nitrogens with two attached hydrogens (primary N) is 1. The molecule has 0 aliphatic carbocycles. The SMILES string of the molecule is CCOCC(Nc1ccc(N)cc1C(F)F)C(C)C.